The summed E-state index contributed by atoms with van der Waals surface area (Å²) in [7, 11) is 2.17. The fourth-order valence-electron chi connectivity index (χ4n) is 3.92. The molecule has 130 valence electrons. The first-order valence-electron chi connectivity index (χ1n) is 8.86. The van der Waals surface area contributed by atoms with Gasteiger partial charge < -0.3 is 10.0 Å². The molecule has 0 bridgehead atoms. The van der Waals surface area contributed by atoms with E-state index in [-0.39, 0.29) is 5.75 Å². The molecular formula is C20H24N4O. The van der Waals surface area contributed by atoms with Crippen LogP contribution >= 0.6 is 0 Å². The van der Waals surface area contributed by atoms with Gasteiger partial charge in [0.1, 0.15) is 5.75 Å². The summed E-state index contributed by atoms with van der Waals surface area (Å²) in [6.45, 7) is 6.20. The van der Waals surface area contributed by atoms with E-state index in [1.165, 1.54) is 12.8 Å². The van der Waals surface area contributed by atoms with Crippen molar-refractivity contribution in [3.05, 3.63) is 47.4 Å². The Kier molecular flexibility index (Phi) is 3.96. The van der Waals surface area contributed by atoms with E-state index in [4.69, 9.17) is 4.98 Å². The van der Waals surface area contributed by atoms with Gasteiger partial charge in [-0.25, -0.2) is 9.97 Å². The molecule has 0 spiro atoms. The van der Waals surface area contributed by atoms with Crippen LogP contribution in [-0.4, -0.2) is 44.5 Å². The third-order valence-electron chi connectivity index (χ3n) is 5.11. The molecule has 1 N–H and O–H groups in total. The van der Waals surface area contributed by atoms with E-state index < -0.39 is 0 Å². The lowest BCUT2D eigenvalue weighted by atomic mass is 9.95. The minimum Gasteiger partial charge on any atom is -0.507 e. The van der Waals surface area contributed by atoms with E-state index >= 15 is 0 Å². The van der Waals surface area contributed by atoms with Gasteiger partial charge in [-0.3, -0.25) is 4.40 Å². The van der Waals surface area contributed by atoms with Crippen LogP contribution in [0.15, 0.2) is 30.6 Å². The lowest BCUT2D eigenvalue weighted by Gasteiger charge is -2.29. The second-order valence-electron chi connectivity index (χ2n) is 7.26. The second-order valence-corrected chi connectivity index (χ2v) is 7.26. The molecule has 1 aliphatic heterocycles. The number of aryl methyl sites for hydroxylation is 2. The molecule has 3 aromatic rings. The maximum atomic E-state index is 10.4. The normalized spacial score (nSPS) is 18.8. The van der Waals surface area contributed by atoms with Crippen molar-refractivity contribution in [1.29, 1.82) is 0 Å². The van der Waals surface area contributed by atoms with Crippen molar-refractivity contribution in [2.75, 3.05) is 20.1 Å². The standard InChI is InChI=1S/C20H24N4O/c1-13-9-14(2)19(18(25)10-13)17-12-24-8-6-16(21-20(24)22-17)15-5-4-7-23(3)11-15/h6,8-10,12,15,25H,4-5,7,11H2,1-3H3/t15-/m0/s1. The molecule has 0 aliphatic carbocycles. The molecule has 2 aromatic heterocycles. The SMILES string of the molecule is Cc1cc(C)c(-c2cn3ccc([C@H]4CCCN(C)C4)nc3n2)c(O)c1. The number of piperidine rings is 1. The maximum absolute atomic E-state index is 10.4. The van der Waals surface area contributed by atoms with Crippen LogP contribution in [0.5, 0.6) is 5.75 Å². The third-order valence-corrected chi connectivity index (χ3v) is 5.11. The monoisotopic (exact) mass is 336 g/mol. The number of hydrogen-bond donors (Lipinski definition) is 1. The molecule has 0 amide bonds. The number of nitrogens with zero attached hydrogens (tertiary/aromatic N) is 4. The van der Waals surface area contributed by atoms with Gasteiger partial charge in [0.05, 0.1) is 11.4 Å². The Morgan fingerprint density at radius 3 is 2.80 bits per heavy atom. The van der Waals surface area contributed by atoms with E-state index in [9.17, 15) is 5.11 Å². The van der Waals surface area contributed by atoms with Crippen LogP contribution in [0.4, 0.5) is 0 Å². The molecule has 5 nitrogen and oxygen atoms in total. The average Bonchev–Trinajstić information content (AvgIpc) is 2.96. The van der Waals surface area contributed by atoms with Gasteiger partial charge in [0.25, 0.3) is 0 Å². The van der Waals surface area contributed by atoms with Crippen LogP contribution in [-0.2, 0) is 0 Å². The number of phenolic OH excluding ortho intramolecular Hbond substituents is 1. The van der Waals surface area contributed by atoms with Gasteiger partial charge in [0.2, 0.25) is 5.78 Å². The van der Waals surface area contributed by atoms with Crippen LogP contribution in [0.25, 0.3) is 17.0 Å². The summed E-state index contributed by atoms with van der Waals surface area (Å²) in [6.07, 6.45) is 6.36. The average molecular weight is 336 g/mol. The Bertz CT molecular complexity index is 908. The van der Waals surface area contributed by atoms with Gasteiger partial charge in [-0.05, 0) is 63.5 Å². The molecule has 1 atom stereocenters. The number of likely N-dealkylation sites (N-methyl/N-ethyl adjacent to an activating group) is 1. The second kappa shape index (κ2) is 6.15. The Labute approximate surface area is 148 Å². The van der Waals surface area contributed by atoms with Crippen molar-refractivity contribution in [3.8, 4) is 17.0 Å². The Morgan fingerprint density at radius 1 is 1.20 bits per heavy atom. The Hall–Kier alpha value is -2.40. The van der Waals surface area contributed by atoms with Gasteiger partial charge in [-0.2, -0.15) is 0 Å². The van der Waals surface area contributed by atoms with E-state index in [1.807, 2.05) is 30.6 Å². The summed E-state index contributed by atoms with van der Waals surface area (Å²) in [5, 5.41) is 10.4. The topological polar surface area (TPSA) is 53.7 Å². The molecule has 0 saturated carbocycles. The van der Waals surface area contributed by atoms with Crippen molar-refractivity contribution in [3.63, 3.8) is 0 Å². The number of fused-ring (bicyclic) bond motifs is 1. The first-order chi connectivity index (χ1) is 12.0. The number of phenols is 1. The molecule has 5 heteroatoms. The van der Waals surface area contributed by atoms with Crippen molar-refractivity contribution < 1.29 is 5.11 Å². The fraction of sp³-hybridized carbons (Fsp3) is 0.400. The van der Waals surface area contributed by atoms with Crippen LogP contribution in [0, 0.1) is 13.8 Å². The molecular weight excluding hydrogens is 312 g/mol. The highest BCUT2D eigenvalue weighted by Crippen LogP contribution is 2.33. The van der Waals surface area contributed by atoms with Crippen molar-refractivity contribution in [2.24, 2.45) is 0 Å². The lowest BCUT2D eigenvalue weighted by molar-refractivity contribution is 0.248. The third kappa shape index (κ3) is 3.00. The largest absolute Gasteiger partial charge is 0.507 e. The van der Waals surface area contributed by atoms with Crippen LogP contribution in [0.1, 0.15) is 35.6 Å². The van der Waals surface area contributed by atoms with Gasteiger partial charge in [0.15, 0.2) is 0 Å². The number of imidazole rings is 1. The number of hydrogen-bond acceptors (Lipinski definition) is 4. The predicted molar refractivity (Wildman–Crippen MR) is 99.0 cm³/mol. The van der Waals surface area contributed by atoms with E-state index in [0.717, 1.165) is 41.2 Å². The molecule has 1 saturated heterocycles. The number of aromatic hydroxyl groups is 1. The summed E-state index contributed by atoms with van der Waals surface area (Å²) < 4.78 is 1.93. The molecule has 4 rings (SSSR count). The van der Waals surface area contributed by atoms with Crippen molar-refractivity contribution in [1.82, 2.24) is 19.3 Å². The number of benzene rings is 1. The zero-order valence-electron chi connectivity index (χ0n) is 15.0. The van der Waals surface area contributed by atoms with E-state index in [0.29, 0.717) is 11.7 Å². The summed E-state index contributed by atoms with van der Waals surface area (Å²) in [5.41, 5.74) is 4.73. The number of likely N-dealkylation sites (tertiary alicyclic amines) is 1. The Morgan fingerprint density at radius 2 is 2.04 bits per heavy atom. The highest BCUT2D eigenvalue weighted by atomic mass is 16.3. The zero-order valence-corrected chi connectivity index (χ0v) is 15.0. The molecule has 0 radical (unpaired) electrons. The van der Waals surface area contributed by atoms with E-state index in [1.54, 1.807) is 6.07 Å². The molecule has 0 unspecified atom stereocenters. The van der Waals surface area contributed by atoms with Gasteiger partial charge in [0, 0.05) is 30.4 Å². The van der Waals surface area contributed by atoms with Gasteiger partial charge >= 0.3 is 0 Å². The summed E-state index contributed by atoms with van der Waals surface area (Å²) in [6, 6.07) is 5.95. The number of aromatic nitrogens is 3. The fourth-order valence-corrected chi connectivity index (χ4v) is 3.92. The van der Waals surface area contributed by atoms with Crippen LogP contribution in [0.2, 0.25) is 0 Å². The molecule has 1 aromatic carbocycles. The highest BCUT2D eigenvalue weighted by Gasteiger charge is 2.21. The van der Waals surface area contributed by atoms with Crippen LogP contribution < -0.4 is 0 Å². The van der Waals surface area contributed by atoms with Crippen molar-refractivity contribution in [2.45, 2.75) is 32.6 Å². The summed E-state index contributed by atoms with van der Waals surface area (Å²) in [4.78, 5) is 11.9. The first-order valence-corrected chi connectivity index (χ1v) is 8.86. The molecule has 3 heterocycles. The summed E-state index contributed by atoms with van der Waals surface area (Å²) in [5.74, 6) is 1.44. The van der Waals surface area contributed by atoms with Crippen molar-refractivity contribution >= 4 is 5.78 Å². The smallest absolute Gasteiger partial charge is 0.234 e. The Balaban J connectivity index is 1.74. The maximum Gasteiger partial charge on any atom is 0.234 e. The van der Waals surface area contributed by atoms with Gasteiger partial charge in [-0.1, -0.05) is 6.07 Å². The first kappa shape index (κ1) is 16.1. The predicted octanol–water partition coefficient (Wildman–Crippen LogP) is 3.53. The van der Waals surface area contributed by atoms with E-state index in [2.05, 4.69) is 29.1 Å². The number of rotatable bonds is 2. The zero-order chi connectivity index (χ0) is 17.6. The minimum absolute atomic E-state index is 0.273. The quantitative estimate of drug-likeness (QED) is 0.778. The lowest BCUT2D eigenvalue weighted by Crippen LogP contribution is -2.31. The highest BCUT2D eigenvalue weighted by molar-refractivity contribution is 5.72. The molecule has 25 heavy (non-hydrogen) atoms. The molecule has 1 aliphatic rings. The summed E-state index contributed by atoms with van der Waals surface area (Å²) >= 11 is 0. The van der Waals surface area contributed by atoms with Gasteiger partial charge in [-0.15, -0.1) is 0 Å². The minimum atomic E-state index is 0.273. The van der Waals surface area contributed by atoms with Crippen LogP contribution in [0.3, 0.4) is 0 Å². The molecule has 1 fully saturated rings.